The normalized spacial score (nSPS) is 16.6. The zero-order valence-electron chi connectivity index (χ0n) is 13.6. The molecule has 3 rings (SSSR count). The molecule has 0 saturated heterocycles. The van der Waals surface area contributed by atoms with Crippen LogP contribution in [0.25, 0.3) is 0 Å². The van der Waals surface area contributed by atoms with Crippen molar-refractivity contribution in [2.45, 2.75) is 37.4 Å². The molecule has 1 aliphatic heterocycles. The summed E-state index contributed by atoms with van der Waals surface area (Å²) in [5, 5.41) is 17.4. The Morgan fingerprint density at radius 1 is 1.32 bits per heavy atom. The molecule has 1 amide bonds. The average Bonchev–Trinajstić information content (AvgIpc) is 2.96. The molecular formula is C16H17FN4O3S. The highest BCUT2D eigenvalue weighted by Gasteiger charge is 2.35. The summed E-state index contributed by atoms with van der Waals surface area (Å²) in [6, 6.07) is 5.10. The Bertz CT molecular complexity index is 793. The zero-order chi connectivity index (χ0) is 18.0. The van der Waals surface area contributed by atoms with Crippen LogP contribution in [-0.4, -0.2) is 48.4 Å². The van der Waals surface area contributed by atoms with Crippen LogP contribution < -0.4 is 0 Å². The molecule has 1 aromatic heterocycles. The van der Waals surface area contributed by atoms with Crippen LogP contribution in [0.3, 0.4) is 0 Å². The molecule has 1 aromatic carbocycles. The van der Waals surface area contributed by atoms with E-state index in [0.717, 1.165) is 4.90 Å². The van der Waals surface area contributed by atoms with E-state index in [1.54, 1.807) is 23.6 Å². The van der Waals surface area contributed by atoms with Crippen molar-refractivity contribution < 1.29 is 19.1 Å². The number of hydrogen-bond acceptors (Lipinski definition) is 5. The fourth-order valence-corrected chi connectivity index (χ4v) is 3.56. The molecule has 2 heterocycles. The Hall–Kier alpha value is -2.42. The van der Waals surface area contributed by atoms with Crippen molar-refractivity contribution in [2.75, 3.05) is 5.75 Å². The van der Waals surface area contributed by atoms with Gasteiger partial charge < -0.3 is 14.6 Å². The van der Waals surface area contributed by atoms with Gasteiger partial charge in [-0.2, -0.15) is 0 Å². The summed E-state index contributed by atoms with van der Waals surface area (Å²) in [5.41, 5.74) is 0. The van der Waals surface area contributed by atoms with Gasteiger partial charge in [0.1, 0.15) is 17.7 Å². The number of carboxylic acids is 1. The van der Waals surface area contributed by atoms with Gasteiger partial charge in [0.25, 0.3) is 0 Å². The summed E-state index contributed by atoms with van der Waals surface area (Å²) in [7, 11) is 0. The zero-order valence-corrected chi connectivity index (χ0v) is 14.4. The number of amides is 1. The summed E-state index contributed by atoms with van der Waals surface area (Å²) in [6.45, 7) is 2.05. The first kappa shape index (κ1) is 17.4. The first-order valence-corrected chi connectivity index (χ1v) is 8.73. The molecule has 9 heteroatoms. The molecule has 0 fully saturated rings. The molecule has 0 spiro atoms. The predicted molar refractivity (Wildman–Crippen MR) is 88.5 cm³/mol. The van der Waals surface area contributed by atoms with E-state index >= 15 is 0 Å². The SMILES string of the molecule is Cc1nnc2n1CC(C(=O)O)N(C(=O)CCSc1ccc(F)cc1)C2. The second kappa shape index (κ2) is 7.22. The quantitative estimate of drug-likeness (QED) is 0.813. The van der Waals surface area contributed by atoms with Crippen LogP contribution in [0.15, 0.2) is 29.2 Å². The maximum atomic E-state index is 12.9. The lowest BCUT2D eigenvalue weighted by molar-refractivity contribution is -0.152. The number of benzene rings is 1. The Balaban J connectivity index is 1.63. The Labute approximate surface area is 147 Å². The minimum Gasteiger partial charge on any atom is -0.480 e. The molecule has 132 valence electrons. The molecule has 0 bridgehead atoms. The van der Waals surface area contributed by atoms with E-state index in [1.165, 1.54) is 28.8 Å². The minimum atomic E-state index is -1.04. The molecule has 1 unspecified atom stereocenters. The van der Waals surface area contributed by atoms with Crippen LogP contribution in [0, 0.1) is 12.7 Å². The lowest BCUT2D eigenvalue weighted by atomic mass is 10.1. The summed E-state index contributed by atoms with van der Waals surface area (Å²) < 4.78 is 14.6. The van der Waals surface area contributed by atoms with Gasteiger partial charge in [0.05, 0.1) is 13.1 Å². The van der Waals surface area contributed by atoms with E-state index < -0.39 is 12.0 Å². The van der Waals surface area contributed by atoms with E-state index in [9.17, 15) is 19.1 Å². The minimum absolute atomic E-state index is 0.137. The van der Waals surface area contributed by atoms with Gasteiger partial charge in [-0.3, -0.25) is 4.79 Å². The third-order valence-corrected chi connectivity index (χ3v) is 5.07. The number of hydrogen-bond donors (Lipinski definition) is 1. The highest BCUT2D eigenvalue weighted by molar-refractivity contribution is 7.99. The average molecular weight is 364 g/mol. The summed E-state index contributed by atoms with van der Waals surface area (Å²) in [6.07, 6.45) is 0.193. The van der Waals surface area contributed by atoms with Crippen molar-refractivity contribution in [3.05, 3.63) is 41.7 Å². The fourth-order valence-electron chi connectivity index (χ4n) is 2.72. The van der Waals surface area contributed by atoms with Crippen LogP contribution in [-0.2, 0) is 22.7 Å². The second-order valence-corrected chi connectivity index (χ2v) is 6.87. The summed E-state index contributed by atoms with van der Waals surface area (Å²) >= 11 is 1.43. The fraction of sp³-hybridized carbons (Fsp3) is 0.375. The highest BCUT2D eigenvalue weighted by atomic mass is 32.2. The molecule has 2 aromatic rings. The monoisotopic (exact) mass is 364 g/mol. The standard InChI is InChI=1S/C16H17FN4O3S/c1-10-18-19-14-9-21(13(16(23)24)8-20(10)14)15(22)6-7-25-12-4-2-11(17)3-5-12/h2-5,13H,6-9H2,1H3,(H,23,24). The van der Waals surface area contributed by atoms with Gasteiger partial charge in [0.2, 0.25) is 5.91 Å². The number of thioether (sulfide) groups is 1. The van der Waals surface area contributed by atoms with Gasteiger partial charge in [-0.1, -0.05) is 0 Å². The molecule has 7 nitrogen and oxygen atoms in total. The Morgan fingerprint density at radius 3 is 2.72 bits per heavy atom. The van der Waals surface area contributed by atoms with E-state index in [0.29, 0.717) is 17.4 Å². The van der Waals surface area contributed by atoms with Gasteiger partial charge in [0.15, 0.2) is 5.82 Å². The molecule has 0 radical (unpaired) electrons. The number of carbonyl (C=O) groups excluding carboxylic acids is 1. The Kier molecular flexibility index (Phi) is 5.03. The van der Waals surface area contributed by atoms with Crippen molar-refractivity contribution in [1.29, 1.82) is 0 Å². The van der Waals surface area contributed by atoms with Crippen LogP contribution in [0.4, 0.5) is 4.39 Å². The molecule has 1 aliphatic rings. The van der Waals surface area contributed by atoms with Gasteiger partial charge in [-0.25, -0.2) is 9.18 Å². The van der Waals surface area contributed by atoms with E-state index in [-0.39, 0.29) is 31.2 Å². The van der Waals surface area contributed by atoms with E-state index in [2.05, 4.69) is 10.2 Å². The number of halogens is 1. The second-order valence-electron chi connectivity index (χ2n) is 5.70. The highest BCUT2D eigenvalue weighted by Crippen LogP contribution is 2.22. The number of fused-ring (bicyclic) bond motifs is 1. The van der Waals surface area contributed by atoms with Crippen molar-refractivity contribution in [1.82, 2.24) is 19.7 Å². The summed E-state index contributed by atoms with van der Waals surface area (Å²) in [5.74, 6) is 0.123. The van der Waals surface area contributed by atoms with Gasteiger partial charge in [0, 0.05) is 17.1 Å². The number of carbonyl (C=O) groups is 2. The van der Waals surface area contributed by atoms with Crippen LogP contribution in [0.5, 0.6) is 0 Å². The van der Waals surface area contributed by atoms with Crippen molar-refractivity contribution in [3.8, 4) is 0 Å². The Morgan fingerprint density at radius 2 is 2.04 bits per heavy atom. The molecule has 0 saturated carbocycles. The number of rotatable bonds is 5. The van der Waals surface area contributed by atoms with E-state index in [1.807, 2.05) is 0 Å². The van der Waals surface area contributed by atoms with Crippen molar-refractivity contribution in [3.63, 3.8) is 0 Å². The molecule has 1 atom stereocenters. The van der Waals surface area contributed by atoms with Crippen molar-refractivity contribution in [2.24, 2.45) is 0 Å². The van der Waals surface area contributed by atoms with Crippen molar-refractivity contribution >= 4 is 23.6 Å². The molecular weight excluding hydrogens is 347 g/mol. The number of nitrogens with zero attached hydrogens (tertiary/aromatic N) is 4. The third kappa shape index (κ3) is 3.81. The van der Waals surface area contributed by atoms with Crippen LogP contribution >= 0.6 is 11.8 Å². The lowest BCUT2D eigenvalue weighted by Gasteiger charge is -2.33. The van der Waals surface area contributed by atoms with Gasteiger partial charge in [-0.05, 0) is 31.2 Å². The lowest BCUT2D eigenvalue weighted by Crippen LogP contribution is -2.50. The first-order chi connectivity index (χ1) is 12.0. The van der Waals surface area contributed by atoms with Crippen LogP contribution in [0.1, 0.15) is 18.1 Å². The molecule has 25 heavy (non-hydrogen) atoms. The van der Waals surface area contributed by atoms with Gasteiger partial charge >= 0.3 is 5.97 Å². The van der Waals surface area contributed by atoms with Crippen LogP contribution in [0.2, 0.25) is 0 Å². The largest absolute Gasteiger partial charge is 0.480 e. The predicted octanol–water partition coefficient (Wildman–Crippen LogP) is 1.70. The molecule has 1 N–H and O–H groups in total. The maximum absolute atomic E-state index is 12.9. The van der Waals surface area contributed by atoms with E-state index in [4.69, 9.17) is 0 Å². The number of aliphatic carboxylic acids is 1. The number of aromatic nitrogens is 3. The number of carboxylic acid groups (broad SMARTS) is 1. The third-order valence-electron chi connectivity index (χ3n) is 4.06. The smallest absolute Gasteiger partial charge is 0.328 e. The number of aryl methyl sites for hydroxylation is 1. The first-order valence-electron chi connectivity index (χ1n) is 7.75. The molecule has 0 aliphatic carbocycles. The van der Waals surface area contributed by atoms with Gasteiger partial charge in [-0.15, -0.1) is 22.0 Å². The maximum Gasteiger partial charge on any atom is 0.328 e. The summed E-state index contributed by atoms with van der Waals surface area (Å²) in [4.78, 5) is 26.3. The topological polar surface area (TPSA) is 88.3 Å².